The number of aliphatic hydroxyl groups excluding tert-OH is 11. The smallest absolute Gasteiger partial charge is 0.220 e. The molecule has 3 rings (SSSR count). The van der Waals surface area contributed by atoms with Crippen LogP contribution in [-0.4, -0.2) is 193 Å². The van der Waals surface area contributed by atoms with E-state index in [0.717, 1.165) is 19.3 Å². The number of hydrogen-bond acceptors (Lipinski definition) is 18. The molecule has 19 heteroatoms. The van der Waals surface area contributed by atoms with E-state index in [4.69, 9.17) is 28.4 Å². The largest absolute Gasteiger partial charge is 0.394 e. The number of carbonyl (C=O) groups is 1. The lowest BCUT2D eigenvalue weighted by Gasteiger charge is -2.48. The Bertz CT molecular complexity index is 1210. The minimum Gasteiger partial charge on any atom is -0.394 e. The average molecular weight is 854 g/mol. The molecule has 3 fully saturated rings. The molecule has 3 aliphatic heterocycles. The van der Waals surface area contributed by atoms with Crippen LogP contribution in [0.4, 0.5) is 0 Å². The third-order valence-electron chi connectivity index (χ3n) is 10.8. The van der Waals surface area contributed by atoms with Crippen LogP contribution in [0.3, 0.4) is 0 Å². The highest BCUT2D eigenvalue weighted by molar-refractivity contribution is 5.75. The molecule has 0 radical (unpaired) electrons. The van der Waals surface area contributed by atoms with Gasteiger partial charge in [-0.2, -0.15) is 0 Å². The van der Waals surface area contributed by atoms with Crippen molar-refractivity contribution in [2.45, 2.75) is 195 Å². The molecule has 0 spiro atoms. The Morgan fingerprint density at radius 3 is 1.63 bits per heavy atom. The molecule has 0 aromatic carbocycles. The molecule has 0 aromatic rings. The van der Waals surface area contributed by atoms with Crippen molar-refractivity contribution in [1.29, 1.82) is 0 Å². The quantitative estimate of drug-likeness (QED) is 0.0335. The van der Waals surface area contributed by atoms with E-state index in [-0.39, 0.29) is 18.9 Å². The molecule has 0 aromatic heterocycles. The Kier molecular flexibility index (Phi) is 23.9. The van der Waals surface area contributed by atoms with E-state index in [1.807, 2.05) is 0 Å². The minimum absolute atomic E-state index is 0.116. The first-order valence-electron chi connectivity index (χ1n) is 21.1. The van der Waals surface area contributed by atoms with Gasteiger partial charge in [-0.25, -0.2) is 0 Å². The summed E-state index contributed by atoms with van der Waals surface area (Å²) < 4.78 is 33.6. The summed E-state index contributed by atoms with van der Waals surface area (Å²) in [4.78, 5) is 12.3. The topological polar surface area (TPSA) is 307 Å². The normalized spacial score (nSPS) is 36.6. The molecule has 3 aliphatic rings. The van der Waals surface area contributed by atoms with E-state index in [1.165, 1.54) is 51.0 Å². The summed E-state index contributed by atoms with van der Waals surface area (Å²) in [5.74, 6) is -0.378. The molecule has 0 aliphatic carbocycles. The van der Waals surface area contributed by atoms with Crippen LogP contribution in [-0.2, 0) is 33.2 Å². The van der Waals surface area contributed by atoms with Crippen LogP contribution in [0.2, 0.25) is 0 Å². The molecule has 3 saturated heterocycles. The standard InChI is InChI=1S/C40H71NO18/c1-3-5-6-7-8-9-10-11-12-13-14-15-16-17-18-24(45)23(41-28(46)4-2)22-54-38-34(52)31(49)36(26(20-43)56-38)59-40-35(53)32(50)37(27(21-44)57-40)58-39-33(51)30(48)29(47)25(19-42)55-39/h13-14,17-18,23-27,29-40,42-45,47-53H,3-12,15-16,19-22H2,1-2H3,(H,41,46)/b14-13+,18-17+. The maximum atomic E-state index is 12.3. The number of hydrogen-bond donors (Lipinski definition) is 12. The Morgan fingerprint density at radius 1 is 0.593 bits per heavy atom. The summed E-state index contributed by atoms with van der Waals surface area (Å²) in [6, 6.07) is -0.980. The summed E-state index contributed by atoms with van der Waals surface area (Å²) in [5, 5.41) is 118. The summed E-state index contributed by atoms with van der Waals surface area (Å²) in [5.41, 5.74) is 0. The summed E-state index contributed by atoms with van der Waals surface area (Å²) in [6.07, 6.45) is -6.53. The molecular weight excluding hydrogens is 782 g/mol. The van der Waals surface area contributed by atoms with Gasteiger partial charge in [0.25, 0.3) is 0 Å². The van der Waals surface area contributed by atoms with Crippen molar-refractivity contribution < 1.29 is 89.4 Å². The average Bonchev–Trinajstić information content (AvgIpc) is 3.23. The lowest BCUT2D eigenvalue weighted by atomic mass is 9.96. The van der Waals surface area contributed by atoms with E-state index < -0.39 is 124 Å². The highest BCUT2D eigenvalue weighted by Crippen LogP contribution is 2.32. The van der Waals surface area contributed by atoms with Gasteiger partial charge in [0.1, 0.15) is 73.2 Å². The predicted octanol–water partition coefficient (Wildman–Crippen LogP) is -1.87. The van der Waals surface area contributed by atoms with Crippen molar-refractivity contribution in [1.82, 2.24) is 5.32 Å². The van der Waals surface area contributed by atoms with Crippen molar-refractivity contribution in [3.05, 3.63) is 24.3 Å². The van der Waals surface area contributed by atoms with Crippen molar-refractivity contribution in [3.63, 3.8) is 0 Å². The summed E-state index contributed by atoms with van der Waals surface area (Å²) >= 11 is 0. The van der Waals surface area contributed by atoms with Crippen LogP contribution in [0.15, 0.2) is 24.3 Å². The van der Waals surface area contributed by atoms with E-state index in [9.17, 15) is 61.0 Å². The molecule has 1 amide bonds. The fraction of sp³-hybridized carbons (Fsp3) is 0.875. The Labute approximate surface area is 346 Å². The van der Waals surface area contributed by atoms with Gasteiger partial charge in [0, 0.05) is 6.42 Å². The zero-order chi connectivity index (χ0) is 43.5. The molecule has 0 bridgehead atoms. The van der Waals surface area contributed by atoms with E-state index in [0.29, 0.717) is 6.42 Å². The molecule has 17 unspecified atom stereocenters. The number of nitrogens with one attached hydrogen (secondary N) is 1. The van der Waals surface area contributed by atoms with Crippen LogP contribution >= 0.6 is 0 Å². The number of allylic oxidation sites excluding steroid dienone is 3. The van der Waals surface area contributed by atoms with Gasteiger partial charge in [-0.05, 0) is 25.7 Å². The monoisotopic (exact) mass is 853 g/mol. The molecule has 12 N–H and O–H groups in total. The number of amides is 1. The second kappa shape index (κ2) is 27.4. The van der Waals surface area contributed by atoms with E-state index in [2.05, 4.69) is 24.4 Å². The van der Waals surface area contributed by atoms with Gasteiger partial charge in [-0.1, -0.05) is 83.1 Å². The summed E-state index contributed by atoms with van der Waals surface area (Å²) in [7, 11) is 0. The van der Waals surface area contributed by atoms with Gasteiger partial charge in [0.05, 0.1) is 38.6 Å². The van der Waals surface area contributed by atoms with Crippen molar-refractivity contribution in [3.8, 4) is 0 Å². The Hall–Kier alpha value is -1.73. The molecule has 59 heavy (non-hydrogen) atoms. The van der Waals surface area contributed by atoms with E-state index >= 15 is 0 Å². The molecule has 19 nitrogen and oxygen atoms in total. The first-order valence-corrected chi connectivity index (χ1v) is 21.1. The highest BCUT2D eigenvalue weighted by atomic mass is 16.8. The zero-order valence-corrected chi connectivity index (χ0v) is 34.2. The number of aliphatic hydroxyl groups is 11. The van der Waals surface area contributed by atoms with Gasteiger partial charge in [0.15, 0.2) is 18.9 Å². The first-order chi connectivity index (χ1) is 28.3. The van der Waals surface area contributed by atoms with Crippen LogP contribution in [0.5, 0.6) is 0 Å². The summed E-state index contributed by atoms with van der Waals surface area (Å²) in [6.45, 7) is 1.05. The number of ether oxygens (including phenoxy) is 6. The predicted molar refractivity (Wildman–Crippen MR) is 208 cm³/mol. The number of rotatable bonds is 26. The number of carbonyl (C=O) groups excluding carboxylic acids is 1. The number of unbranched alkanes of at least 4 members (excludes halogenated alkanes) is 9. The lowest BCUT2D eigenvalue weighted by Crippen LogP contribution is -2.66. The van der Waals surface area contributed by atoms with Crippen LogP contribution < -0.4 is 5.32 Å². The van der Waals surface area contributed by atoms with Crippen LogP contribution in [0.25, 0.3) is 0 Å². The second-order valence-corrected chi connectivity index (χ2v) is 15.4. The maximum absolute atomic E-state index is 12.3. The molecule has 17 atom stereocenters. The first kappa shape index (κ1) is 51.6. The Balaban J connectivity index is 1.53. The van der Waals surface area contributed by atoms with E-state index in [1.54, 1.807) is 13.0 Å². The molecule has 3 heterocycles. The third-order valence-corrected chi connectivity index (χ3v) is 10.8. The lowest BCUT2D eigenvalue weighted by molar-refractivity contribution is -0.379. The zero-order valence-electron chi connectivity index (χ0n) is 34.2. The van der Waals surface area contributed by atoms with Crippen molar-refractivity contribution in [2.24, 2.45) is 0 Å². The SMILES string of the molecule is CCCCCCCCCC/C=C/CC/C=C/C(O)C(COC1OC(CO)C(OC2OC(CO)C(OC3OC(CO)C(O)C(O)C3O)C(O)C2O)C(O)C1O)NC(=O)CC. The van der Waals surface area contributed by atoms with Gasteiger partial charge < -0.3 is 89.9 Å². The van der Waals surface area contributed by atoms with Crippen molar-refractivity contribution in [2.75, 3.05) is 26.4 Å². The van der Waals surface area contributed by atoms with Crippen molar-refractivity contribution >= 4 is 5.91 Å². The maximum Gasteiger partial charge on any atom is 0.220 e. The van der Waals surface area contributed by atoms with Crippen LogP contribution in [0.1, 0.15) is 90.9 Å². The van der Waals surface area contributed by atoms with Gasteiger partial charge in [-0.3, -0.25) is 4.79 Å². The fourth-order valence-electron chi connectivity index (χ4n) is 7.11. The van der Waals surface area contributed by atoms with Gasteiger partial charge in [-0.15, -0.1) is 0 Å². The molecule has 344 valence electrons. The minimum atomic E-state index is -1.97. The highest BCUT2D eigenvalue weighted by Gasteiger charge is 2.53. The van der Waals surface area contributed by atoms with Crippen LogP contribution in [0, 0.1) is 0 Å². The third kappa shape index (κ3) is 15.5. The van der Waals surface area contributed by atoms with Gasteiger partial charge in [0.2, 0.25) is 5.91 Å². The van der Waals surface area contributed by atoms with Gasteiger partial charge >= 0.3 is 0 Å². The Morgan fingerprint density at radius 2 is 1.07 bits per heavy atom. The molecule has 0 saturated carbocycles. The molecular formula is C40H71NO18. The second-order valence-electron chi connectivity index (χ2n) is 15.4. The fourth-order valence-corrected chi connectivity index (χ4v) is 7.11.